The largest absolute Gasteiger partial charge is 0.508 e. The minimum atomic E-state index is -0.304. The van der Waals surface area contributed by atoms with Gasteiger partial charge in [-0.1, -0.05) is 259 Å². The summed E-state index contributed by atoms with van der Waals surface area (Å²) in [6.45, 7) is 9.08. The van der Waals surface area contributed by atoms with E-state index in [1.807, 2.05) is 24.3 Å². The van der Waals surface area contributed by atoms with E-state index in [-0.39, 0.29) is 46.7 Å². The van der Waals surface area contributed by atoms with Crippen LogP contribution in [-0.2, 0) is 0 Å². The molecular formula is C76H120O8. The summed E-state index contributed by atoms with van der Waals surface area (Å²) in [4.78, 5) is 0. The van der Waals surface area contributed by atoms with Crippen LogP contribution >= 0.6 is 0 Å². The van der Waals surface area contributed by atoms with Gasteiger partial charge in [-0.2, -0.15) is 0 Å². The van der Waals surface area contributed by atoms with Crippen LogP contribution in [0.15, 0.2) is 48.5 Å². The first-order chi connectivity index (χ1) is 41.1. The minimum absolute atomic E-state index is 0.160. The van der Waals surface area contributed by atoms with Crippen molar-refractivity contribution in [2.24, 2.45) is 0 Å². The van der Waals surface area contributed by atoms with E-state index in [1.54, 1.807) is 28.4 Å². The molecule has 0 aliphatic heterocycles. The highest BCUT2D eigenvalue weighted by molar-refractivity contribution is 5.62. The quantitative estimate of drug-likeness (QED) is 0.0324. The van der Waals surface area contributed by atoms with Gasteiger partial charge in [-0.3, -0.25) is 0 Å². The molecule has 0 aromatic heterocycles. The zero-order valence-corrected chi connectivity index (χ0v) is 54.6. The number of fused-ring (bicyclic) bond motifs is 8. The summed E-state index contributed by atoms with van der Waals surface area (Å²) in [6, 6.07) is 16.0. The fourth-order valence-corrected chi connectivity index (χ4v) is 13.9. The molecule has 0 heterocycles. The lowest BCUT2D eigenvalue weighted by molar-refractivity contribution is 0.386. The van der Waals surface area contributed by atoms with Gasteiger partial charge in [0.05, 0.1) is 28.4 Å². The van der Waals surface area contributed by atoms with E-state index in [0.717, 1.165) is 147 Å². The van der Waals surface area contributed by atoms with Crippen LogP contribution in [0.25, 0.3) is 0 Å². The molecule has 4 N–H and O–H groups in total. The van der Waals surface area contributed by atoms with E-state index in [2.05, 4.69) is 52.0 Å². The number of unbranched alkanes of at least 4 members (excludes halogenated alkanes) is 32. The molecule has 0 amide bonds. The Hall–Kier alpha value is -4.72. The summed E-state index contributed by atoms with van der Waals surface area (Å²) in [5, 5.41) is 50.2. The third-order valence-corrected chi connectivity index (χ3v) is 18.9. The molecule has 8 heteroatoms. The zero-order valence-electron chi connectivity index (χ0n) is 54.6. The Morgan fingerprint density at radius 2 is 0.381 bits per heavy atom. The van der Waals surface area contributed by atoms with Gasteiger partial charge in [-0.25, -0.2) is 0 Å². The minimum Gasteiger partial charge on any atom is -0.508 e. The maximum atomic E-state index is 12.6. The summed E-state index contributed by atoms with van der Waals surface area (Å²) >= 11 is 0. The van der Waals surface area contributed by atoms with Crippen molar-refractivity contribution in [3.05, 3.63) is 93.0 Å². The molecule has 0 fully saturated rings. The summed E-state index contributed by atoms with van der Waals surface area (Å²) < 4.78 is 25.3. The van der Waals surface area contributed by atoms with Crippen LogP contribution < -0.4 is 18.9 Å². The van der Waals surface area contributed by atoms with Crippen molar-refractivity contribution in [1.29, 1.82) is 0 Å². The second-order valence-electron chi connectivity index (χ2n) is 25.3. The third-order valence-electron chi connectivity index (χ3n) is 18.9. The highest BCUT2D eigenvalue weighted by Gasteiger charge is 2.34. The lowest BCUT2D eigenvalue weighted by Gasteiger charge is -2.30. The molecule has 0 spiro atoms. The van der Waals surface area contributed by atoms with Gasteiger partial charge in [0.1, 0.15) is 46.0 Å². The van der Waals surface area contributed by atoms with Crippen LogP contribution in [0.4, 0.5) is 0 Å². The molecule has 4 atom stereocenters. The highest BCUT2D eigenvalue weighted by atomic mass is 16.5. The van der Waals surface area contributed by atoms with Gasteiger partial charge in [-0.05, 0) is 49.9 Å². The molecule has 5 rings (SSSR count). The van der Waals surface area contributed by atoms with E-state index in [0.29, 0.717) is 23.0 Å². The van der Waals surface area contributed by atoms with Crippen molar-refractivity contribution in [2.45, 2.75) is 308 Å². The lowest BCUT2D eigenvalue weighted by atomic mass is 9.76. The Balaban J connectivity index is 1.77. The van der Waals surface area contributed by atoms with Crippen molar-refractivity contribution < 1.29 is 39.4 Å². The second kappa shape index (κ2) is 40.6. The Kier molecular flexibility index (Phi) is 33.9. The number of hydrogen-bond acceptors (Lipinski definition) is 8. The van der Waals surface area contributed by atoms with Crippen molar-refractivity contribution in [2.75, 3.05) is 28.4 Å². The van der Waals surface area contributed by atoms with E-state index < -0.39 is 0 Å². The van der Waals surface area contributed by atoms with Gasteiger partial charge in [-0.15, -0.1) is 0 Å². The summed E-state index contributed by atoms with van der Waals surface area (Å²) in [5.74, 6) is 1.76. The van der Waals surface area contributed by atoms with E-state index in [9.17, 15) is 20.4 Å². The molecular weight excluding hydrogens is 1040 g/mol. The second-order valence-corrected chi connectivity index (χ2v) is 25.3. The van der Waals surface area contributed by atoms with Gasteiger partial charge in [0.25, 0.3) is 0 Å². The number of rotatable bonds is 44. The first-order valence-electron chi connectivity index (χ1n) is 34.7. The SMILES string of the molecule is CCCCCCCCCCCC1c2cc(c(OC)cc2O)C(CCCCCCCCCCC)c2cc(c(OC)cc2O)C(CCCCCCCCCCC)c2cc(c(OC)cc2O)C(CCCCCCCCCCC)c2cc1c(OC)cc2O. The monoisotopic (exact) mass is 1160 g/mol. The average Bonchev–Trinajstić information content (AvgIpc) is 3.61. The molecule has 8 nitrogen and oxygen atoms in total. The van der Waals surface area contributed by atoms with Gasteiger partial charge < -0.3 is 39.4 Å². The first-order valence-corrected chi connectivity index (χ1v) is 34.7. The van der Waals surface area contributed by atoms with Crippen LogP contribution in [0.5, 0.6) is 46.0 Å². The molecule has 4 unspecified atom stereocenters. The Labute approximate surface area is 512 Å². The number of phenolic OH excluding ortho intramolecular Hbond substituents is 4. The summed E-state index contributed by atoms with van der Waals surface area (Å²) in [7, 11) is 6.75. The molecule has 472 valence electrons. The summed E-state index contributed by atoms with van der Waals surface area (Å²) in [5.41, 5.74) is 6.86. The Morgan fingerprint density at radius 1 is 0.226 bits per heavy atom. The number of hydrogen-bond donors (Lipinski definition) is 4. The molecule has 4 aromatic rings. The van der Waals surface area contributed by atoms with Crippen molar-refractivity contribution in [3.8, 4) is 46.0 Å². The molecule has 1 aliphatic carbocycles. The molecule has 84 heavy (non-hydrogen) atoms. The van der Waals surface area contributed by atoms with Crippen LogP contribution in [0.3, 0.4) is 0 Å². The average molecular weight is 1160 g/mol. The molecule has 8 bridgehead atoms. The first kappa shape index (κ1) is 70.0. The van der Waals surface area contributed by atoms with E-state index in [1.165, 1.54) is 154 Å². The van der Waals surface area contributed by atoms with Gasteiger partial charge >= 0.3 is 0 Å². The van der Waals surface area contributed by atoms with Crippen LogP contribution in [0.2, 0.25) is 0 Å². The highest BCUT2D eigenvalue weighted by Crippen LogP contribution is 2.53. The van der Waals surface area contributed by atoms with E-state index in [4.69, 9.17) is 18.9 Å². The maximum Gasteiger partial charge on any atom is 0.126 e. The number of aromatic hydroxyl groups is 4. The standard InChI is InChI=1S/C76H120O8/c1-9-13-17-21-25-29-33-37-41-45-57-61-49-66(74(82-6)53-69(61)77)59(47-43-39-35-31-27-23-19-15-11-3)63-51-68(76(84-8)55-71(63)79)60(48-44-40-36-32-28-24-20-16-12-4)64-52-67(75(83-7)56-72(64)80)58(46-42-38-34-30-26-22-18-14-10-2)62-50-65(57)73(81-5)54-70(62)78/h49-60,77-80H,9-48H2,1-8H3. The molecule has 0 saturated carbocycles. The molecule has 0 radical (unpaired) electrons. The fraction of sp³-hybridized carbons (Fsp3) is 0.684. The van der Waals surface area contributed by atoms with Gasteiger partial charge in [0, 0.05) is 92.4 Å². The summed E-state index contributed by atoms with van der Waals surface area (Å²) in [6.07, 6.45) is 46.1. The number of phenols is 4. The van der Waals surface area contributed by atoms with Crippen molar-refractivity contribution in [3.63, 3.8) is 0 Å². The number of methoxy groups -OCH3 is 4. The predicted octanol–water partition coefficient (Wildman–Crippen LogP) is 23.1. The zero-order chi connectivity index (χ0) is 60.3. The van der Waals surface area contributed by atoms with Crippen LogP contribution in [0, 0.1) is 0 Å². The number of benzene rings is 4. The molecule has 1 aliphatic rings. The topological polar surface area (TPSA) is 118 Å². The third kappa shape index (κ3) is 21.9. The lowest BCUT2D eigenvalue weighted by Crippen LogP contribution is -2.13. The Bertz CT molecular complexity index is 2090. The van der Waals surface area contributed by atoms with Crippen molar-refractivity contribution in [1.82, 2.24) is 0 Å². The van der Waals surface area contributed by atoms with Crippen molar-refractivity contribution >= 4 is 0 Å². The smallest absolute Gasteiger partial charge is 0.126 e. The molecule has 4 aromatic carbocycles. The van der Waals surface area contributed by atoms with Gasteiger partial charge in [0.15, 0.2) is 0 Å². The van der Waals surface area contributed by atoms with Crippen LogP contribution in [-0.4, -0.2) is 48.9 Å². The maximum absolute atomic E-state index is 12.6. The normalized spacial score (nSPS) is 15.8. The number of ether oxygens (including phenoxy) is 4. The predicted molar refractivity (Wildman–Crippen MR) is 353 cm³/mol. The van der Waals surface area contributed by atoms with Gasteiger partial charge in [0.2, 0.25) is 0 Å². The van der Waals surface area contributed by atoms with Crippen LogP contribution in [0.1, 0.15) is 353 Å². The fourth-order valence-electron chi connectivity index (χ4n) is 13.9. The Morgan fingerprint density at radius 3 is 0.536 bits per heavy atom. The molecule has 0 saturated heterocycles. The van der Waals surface area contributed by atoms with E-state index >= 15 is 0 Å².